The van der Waals surface area contributed by atoms with E-state index in [-0.39, 0.29) is 12.7 Å². The van der Waals surface area contributed by atoms with Crippen LogP contribution in [-0.4, -0.2) is 35.9 Å². The standard InChI is InChI=1S/C20H20ClN3O3/c21-17-11-14(10-16-12-22-8-9-25-16)6-7-18(17)26-13-19-23-20(27-24-19)15-4-2-1-3-5-15/h1-7,11,16,22H,8-10,12-13H2/t16-/m1/s1. The summed E-state index contributed by atoms with van der Waals surface area (Å²) in [5.41, 5.74) is 1.99. The Labute approximate surface area is 162 Å². The van der Waals surface area contributed by atoms with E-state index in [1.54, 1.807) is 0 Å². The van der Waals surface area contributed by atoms with Crippen LogP contribution in [0.4, 0.5) is 0 Å². The molecule has 6 nitrogen and oxygen atoms in total. The summed E-state index contributed by atoms with van der Waals surface area (Å²) in [5, 5.41) is 7.84. The van der Waals surface area contributed by atoms with E-state index in [1.165, 1.54) is 0 Å². The number of hydrogen-bond donors (Lipinski definition) is 1. The molecular weight excluding hydrogens is 366 g/mol. The molecule has 1 N–H and O–H groups in total. The van der Waals surface area contributed by atoms with E-state index < -0.39 is 0 Å². The molecule has 1 saturated heterocycles. The van der Waals surface area contributed by atoms with Crippen molar-refractivity contribution >= 4 is 11.6 Å². The Kier molecular flexibility index (Phi) is 5.67. The van der Waals surface area contributed by atoms with Crippen LogP contribution in [0.1, 0.15) is 11.4 Å². The number of benzene rings is 2. The molecule has 7 heteroatoms. The van der Waals surface area contributed by atoms with Gasteiger partial charge in [-0.05, 0) is 36.2 Å². The molecule has 0 bridgehead atoms. The molecule has 1 atom stereocenters. The fourth-order valence-electron chi connectivity index (χ4n) is 2.95. The van der Waals surface area contributed by atoms with E-state index in [2.05, 4.69) is 15.5 Å². The first-order chi connectivity index (χ1) is 13.3. The summed E-state index contributed by atoms with van der Waals surface area (Å²) >= 11 is 6.37. The van der Waals surface area contributed by atoms with Gasteiger partial charge in [0, 0.05) is 18.7 Å². The predicted octanol–water partition coefficient (Wildman–Crippen LogP) is 3.50. The minimum Gasteiger partial charge on any atom is -0.484 e. The average Bonchev–Trinajstić information content (AvgIpc) is 3.18. The summed E-state index contributed by atoms with van der Waals surface area (Å²) in [7, 11) is 0. The van der Waals surface area contributed by atoms with Crippen molar-refractivity contribution in [2.24, 2.45) is 0 Å². The lowest BCUT2D eigenvalue weighted by atomic mass is 10.1. The summed E-state index contributed by atoms with van der Waals surface area (Å²) in [5.74, 6) is 1.53. The van der Waals surface area contributed by atoms with E-state index in [9.17, 15) is 0 Å². The summed E-state index contributed by atoms with van der Waals surface area (Å²) < 4.78 is 16.8. The van der Waals surface area contributed by atoms with Gasteiger partial charge >= 0.3 is 0 Å². The van der Waals surface area contributed by atoms with Gasteiger partial charge < -0.3 is 19.3 Å². The Hall–Kier alpha value is -2.41. The second-order valence-electron chi connectivity index (χ2n) is 6.34. The Morgan fingerprint density at radius 2 is 2.07 bits per heavy atom. The highest BCUT2D eigenvalue weighted by atomic mass is 35.5. The molecule has 0 aliphatic carbocycles. The van der Waals surface area contributed by atoms with Crippen molar-refractivity contribution in [2.45, 2.75) is 19.1 Å². The molecule has 0 spiro atoms. The molecule has 1 aromatic heterocycles. The van der Waals surface area contributed by atoms with E-state index in [0.717, 1.165) is 37.2 Å². The topological polar surface area (TPSA) is 69.4 Å². The molecule has 2 aromatic carbocycles. The lowest BCUT2D eigenvalue weighted by Crippen LogP contribution is -2.39. The first-order valence-corrected chi connectivity index (χ1v) is 9.27. The third-order valence-corrected chi connectivity index (χ3v) is 4.61. The number of nitrogens with one attached hydrogen (secondary N) is 1. The van der Waals surface area contributed by atoms with Crippen molar-refractivity contribution in [3.63, 3.8) is 0 Å². The van der Waals surface area contributed by atoms with Crippen molar-refractivity contribution in [3.05, 3.63) is 64.9 Å². The minimum atomic E-state index is 0.178. The third-order valence-electron chi connectivity index (χ3n) is 4.31. The van der Waals surface area contributed by atoms with Crippen LogP contribution >= 0.6 is 11.6 Å². The van der Waals surface area contributed by atoms with Crippen molar-refractivity contribution in [3.8, 4) is 17.2 Å². The summed E-state index contributed by atoms with van der Waals surface area (Å²) in [6.45, 7) is 2.70. The minimum absolute atomic E-state index is 0.178. The lowest BCUT2D eigenvalue weighted by Gasteiger charge is -2.23. The smallest absolute Gasteiger partial charge is 0.258 e. The number of hydrogen-bond acceptors (Lipinski definition) is 6. The van der Waals surface area contributed by atoms with Gasteiger partial charge in [-0.25, -0.2) is 0 Å². The van der Waals surface area contributed by atoms with E-state index in [0.29, 0.717) is 22.5 Å². The molecule has 1 aliphatic heterocycles. The number of halogens is 1. The Morgan fingerprint density at radius 3 is 2.85 bits per heavy atom. The average molecular weight is 386 g/mol. The SMILES string of the molecule is Clc1cc(C[C@@H]2CNCCO2)ccc1OCc1noc(-c2ccccc2)n1. The third kappa shape index (κ3) is 4.66. The zero-order valence-electron chi connectivity index (χ0n) is 14.7. The van der Waals surface area contributed by atoms with E-state index >= 15 is 0 Å². The van der Waals surface area contributed by atoms with Gasteiger partial charge in [0.15, 0.2) is 6.61 Å². The molecule has 0 unspecified atom stereocenters. The molecule has 1 fully saturated rings. The Morgan fingerprint density at radius 1 is 1.19 bits per heavy atom. The fourth-order valence-corrected chi connectivity index (χ4v) is 3.21. The molecule has 140 valence electrons. The van der Waals surface area contributed by atoms with E-state index in [1.807, 2.05) is 48.5 Å². The first-order valence-electron chi connectivity index (χ1n) is 8.89. The molecule has 2 heterocycles. The molecule has 0 amide bonds. The molecule has 3 aromatic rings. The highest BCUT2D eigenvalue weighted by Gasteiger charge is 2.15. The molecule has 0 saturated carbocycles. The second-order valence-corrected chi connectivity index (χ2v) is 6.74. The second kappa shape index (κ2) is 8.52. The van der Waals surface area contributed by atoms with Crippen LogP contribution in [0, 0.1) is 0 Å². The zero-order valence-corrected chi connectivity index (χ0v) is 15.5. The van der Waals surface area contributed by atoms with Crippen LogP contribution in [0.5, 0.6) is 5.75 Å². The van der Waals surface area contributed by atoms with Crippen LogP contribution in [0.15, 0.2) is 53.1 Å². The van der Waals surface area contributed by atoms with Gasteiger partial charge in [0.2, 0.25) is 5.82 Å². The van der Waals surface area contributed by atoms with Crippen LogP contribution in [0.2, 0.25) is 5.02 Å². The quantitative estimate of drug-likeness (QED) is 0.700. The van der Waals surface area contributed by atoms with Gasteiger partial charge in [-0.3, -0.25) is 0 Å². The van der Waals surface area contributed by atoms with Crippen LogP contribution in [0.25, 0.3) is 11.5 Å². The Bertz CT molecular complexity index is 879. The van der Waals surface area contributed by atoms with Crippen LogP contribution in [0.3, 0.4) is 0 Å². The molecular formula is C20H20ClN3O3. The highest BCUT2D eigenvalue weighted by molar-refractivity contribution is 6.32. The lowest BCUT2D eigenvalue weighted by molar-refractivity contribution is 0.0292. The van der Waals surface area contributed by atoms with Crippen molar-refractivity contribution in [1.82, 2.24) is 15.5 Å². The summed E-state index contributed by atoms with van der Waals surface area (Å²) in [6.07, 6.45) is 0.996. The number of morpholine rings is 1. The number of ether oxygens (including phenoxy) is 2. The van der Waals surface area contributed by atoms with Gasteiger partial charge in [-0.1, -0.05) is 41.0 Å². The largest absolute Gasteiger partial charge is 0.484 e. The van der Waals surface area contributed by atoms with Gasteiger partial charge in [-0.15, -0.1) is 0 Å². The maximum Gasteiger partial charge on any atom is 0.258 e. The van der Waals surface area contributed by atoms with Crippen molar-refractivity contribution < 1.29 is 14.0 Å². The molecule has 0 radical (unpaired) electrons. The number of aromatic nitrogens is 2. The van der Waals surface area contributed by atoms with Crippen LogP contribution in [-0.2, 0) is 17.8 Å². The van der Waals surface area contributed by atoms with Gasteiger partial charge in [0.25, 0.3) is 5.89 Å². The maximum atomic E-state index is 6.37. The number of rotatable bonds is 6. The van der Waals surface area contributed by atoms with Crippen molar-refractivity contribution in [1.29, 1.82) is 0 Å². The van der Waals surface area contributed by atoms with Gasteiger partial charge in [-0.2, -0.15) is 4.98 Å². The van der Waals surface area contributed by atoms with E-state index in [4.69, 9.17) is 25.6 Å². The van der Waals surface area contributed by atoms with Crippen molar-refractivity contribution in [2.75, 3.05) is 19.7 Å². The Balaban J connectivity index is 1.36. The predicted molar refractivity (Wildman–Crippen MR) is 102 cm³/mol. The van der Waals surface area contributed by atoms with Crippen LogP contribution < -0.4 is 10.1 Å². The monoisotopic (exact) mass is 385 g/mol. The van der Waals surface area contributed by atoms with Gasteiger partial charge in [0.1, 0.15) is 5.75 Å². The fraction of sp³-hybridized carbons (Fsp3) is 0.300. The number of nitrogens with zero attached hydrogens (tertiary/aromatic N) is 2. The first kappa shape index (κ1) is 18.0. The molecule has 1 aliphatic rings. The summed E-state index contributed by atoms with van der Waals surface area (Å²) in [6, 6.07) is 15.4. The summed E-state index contributed by atoms with van der Waals surface area (Å²) in [4.78, 5) is 4.35. The maximum absolute atomic E-state index is 6.37. The zero-order chi connectivity index (χ0) is 18.5. The molecule has 27 heavy (non-hydrogen) atoms. The van der Waals surface area contributed by atoms with Gasteiger partial charge in [0.05, 0.1) is 17.7 Å². The highest BCUT2D eigenvalue weighted by Crippen LogP contribution is 2.27. The molecule has 4 rings (SSSR count). The normalized spacial score (nSPS) is 17.0.